The zero-order chi connectivity index (χ0) is 15.2. The van der Waals surface area contributed by atoms with E-state index in [0.29, 0.717) is 5.02 Å². The molecular weight excluding hydrogens is 287 g/mol. The molecule has 0 saturated heterocycles. The molecule has 1 unspecified atom stereocenters. The molecule has 0 spiro atoms. The van der Waals surface area contributed by atoms with Gasteiger partial charge in [-0.2, -0.15) is 0 Å². The highest BCUT2D eigenvalue weighted by Gasteiger charge is 2.12. The quantitative estimate of drug-likeness (QED) is 0.878. The van der Waals surface area contributed by atoms with Gasteiger partial charge in [0, 0.05) is 29.4 Å². The van der Waals surface area contributed by atoms with Gasteiger partial charge in [0.2, 0.25) is 0 Å². The topological polar surface area (TPSA) is 24.9 Å². The van der Waals surface area contributed by atoms with E-state index in [0.717, 1.165) is 30.5 Å². The number of aryl methyl sites for hydroxylation is 1. The molecule has 0 radical (unpaired) electrons. The van der Waals surface area contributed by atoms with Gasteiger partial charge in [0.05, 0.1) is 0 Å². The minimum Gasteiger partial charge on any atom is -0.316 e. The second-order valence-corrected chi connectivity index (χ2v) is 5.55. The van der Waals surface area contributed by atoms with Crippen LogP contribution >= 0.6 is 11.6 Å². The van der Waals surface area contributed by atoms with Gasteiger partial charge in [0.25, 0.3) is 0 Å². The number of likely N-dealkylation sites (N-methyl/N-ethyl adjacent to an activating group) is 1. The number of nitrogens with zero attached hydrogens (tertiary/aromatic N) is 1. The molecular formula is C17H20ClFN2. The van der Waals surface area contributed by atoms with Crippen LogP contribution in [-0.4, -0.2) is 18.1 Å². The Morgan fingerprint density at radius 1 is 1.24 bits per heavy atom. The maximum atomic E-state index is 13.1. The summed E-state index contributed by atoms with van der Waals surface area (Å²) in [6.45, 7) is 2.11. The zero-order valence-corrected chi connectivity index (χ0v) is 13.1. The summed E-state index contributed by atoms with van der Waals surface area (Å²) in [7, 11) is 1.92. The normalized spacial score (nSPS) is 12.4. The van der Waals surface area contributed by atoms with Gasteiger partial charge in [0.15, 0.2) is 0 Å². The lowest BCUT2D eigenvalue weighted by Gasteiger charge is -2.17. The molecule has 0 aliphatic rings. The molecule has 0 aliphatic carbocycles. The number of hydrogen-bond donors (Lipinski definition) is 1. The Morgan fingerprint density at radius 2 is 2.05 bits per heavy atom. The van der Waals surface area contributed by atoms with Crippen LogP contribution in [0.4, 0.5) is 4.39 Å². The van der Waals surface area contributed by atoms with E-state index >= 15 is 0 Å². The van der Waals surface area contributed by atoms with Crippen LogP contribution in [0.5, 0.6) is 0 Å². The predicted molar refractivity (Wildman–Crippen MR) is 85.3 cm³/mol. The van der Waals surface area contributed by atoms with Crippen molar-refractivity contribution >= 4 is 11.6 Å². The summed E-state index contributed by atoms with van der Waals surface area (Å²) in [5.41, 5.74) is 3.23. The predicted octanol–water partition coefficient (Wildman–Crippen LogP) is 3.81. The number of halogens is 2. The molecule has 0 fully saturated rings. The summed E-state index contributed by atoms with van der Waals surface area (Å²) in [5, 5.41) is 3.75. The van der Waals surface area contributed by atoms with Crippen molar-refractivity contribution in [3.05, 3.63) is 64.2 Å². The lowest BCUT2D eigenvalue weighted by Crippen LogP contribution is -2.30. The van der Waals surface area contributed by atoms with Gasteiger partial charge in [-0.1, -0.05) is 30.7 Å². The van der Waals surface area contributed by atoms with Crippen LogP contribution in [0.15, 0.2) is 36.5 Å². The standard InChI is InChI=1S/C17H20ClFN2/c1-3-12-4-7-15(21-11-12)10-16(20-2)8-13-5-6-14(19)9-17(13)18/h4-7,9,11,16,20H,3,8,10H2,1-2H3. The first-order valence-electron chi connectivity index (χ1n) is 7.17. The molecule has 112 valence electrons. The molecule has 0 amide bonds. The third kappa shape index (κ3) is 4.51. The smallest absolute Gasteiger partial charge is 0.124 e. The Labute approximate surface area is 130 Å². The molecule has 1 aromatic carbocycles. The minimum atomic E-state index is -0.304. The first kappa shape index (κ1) is 15.9. The van der Waals surface area contributed by atoms with Crippen molar-refractivity contribution in [2.45, 2.75) is 32.2 Å². The molecule has 4 heteroatoms. The monoisotopic (exact) mass is 306 g/mol. The molecule has 2 rings (SSSR count). The van der Waals surface area contributed by atoms with Gasteiger partial charge < -0.3 is 5.32 Å². The van der Waals surface area contributed by atoms with E-state index in [4.69, 9.17) is 11.6 Å². The average Bonchev–Trinajstić information content (AvgIpc) is 2.49. The van der Waals surface area contributed by atoms with Crippen LogP contribution < -0.4 is 5.32 Å². The summed E-state index contributed by atoms with van der Waals surface area (Å²) in [6.07, 6.45) is 4.47. The van der Waals surface area contributed by atoms with Crippen molar-refractivity contribution in [3.8, 4) is 0 Å². The van der Waals surface area contributed by atoms with Gasteiger partial charge in [0.1, 0.15) is 5.82 Å². The molecule has 0 aliphatic heterocycles. The van der Waals surface area contributed by atoms with E-state index in [-0.39, 0.29) is 11.9 Å². The second-order valence-electron chi connectivity index (χ2n) is 5.14. The summed E-state index contributed by atoms with van der Waals surface area (Å²) in [6, 6.07) is 8.94. The van der Waals surface area contributed by atoms with Crippen LogP contribution in [-0.2, 0) is 19.3 Å². The molecule has 1 heterocycles. The summed E-state index contributed by atoms with van der Waals surface area (Å²) in [5.74, 6) is -0.304. The third-order valence-electron chi connectivity index (χ3n) is 3.64. The fourth-order valence-electron chi connectivity index (χ4n) is 2.27. The maximum Gasteiger partial charge on any atom is 0.124 e. The van der Waals surface area contributed by atoms with Crippen molar-refractivity contribution in [3.63, 3.8) is 0 Å². The van der Waals surface area contributed by atoms with Gasteiger partial charge in [-0.15, -0.1) is 0 Å². The second kappa shape index (κ2) is 7.53. The van der Waals surface area contributed by atoms with Gasteiger partial charge in [-0.05, 0) is 49.2 Å². The van der Waals surface area contributed by atoms with Crippen molar-refractivity contribution in [1.82, 2.24) is 10.3 Å². The van der Waals surface area contributed by atoms with Crippen LogP contribution in [0.1, 0.15) is 23.7 Å². The molecule has 0 saturated carbocycles. The van der Waals surface area contributed by atoms with E-state index < -0.39 is 0 Å². The van der Waals surface area contributed by atoms with Gasteiger partial charge in [-0.25, -0.2) is 4.39 Å². The van der Waals surface area contributed by atoms with Crippen LogP contribution in [0.3, 0.4) is 0 Å². The number of rotatable bonds is 6. The van der Waals surface area contributed by atoms with Crippen molar-refractivity contribution in [2.75, 3.05) is 7.05 Å². The highest BCUT2D eigenvalue weighted by atomic mass is 35.5. The summed E-state index contributed by atoms with van der Waals surface area (Å²) >= 11 is 6.09. The molecule has 21 heavy (non-hydrogen) atoms. The largest absolute Gasteiger partial charge is 0.316 e. The van der Waals surface area contributed by atoms with E-state index in [2.05, 4.69) is 29.4 Å². The maximum absolute atomic E-state index is 13.1. The fourth-order valence-corrected chi connectivity index (χ4v) is 2.51. The average molecular weight is 307 g/mol. The zero-order valence-electron chi connectivity index (χ0n) is 12.4. The number of aromatic nitrogens is 1. The molecule has 2 nitrogen and oxygen atoms in total. The Hall–Kier alpha value is -1.45. The van der Waals surface area contributed by atoms with E-state index in [1.165, 1.54) is 17.7 Å². The molecule has 2 aromatic rings. The van der Waals surface area contributed by atoms with Crippen LogP contribution in [0.2, 0.25) is 5.02 Å². The Bertz CT molecular complexity index is 584. The van der Waals surface area contributed by atoms with Gasteiger partial charge in [-0.3, -0.25) is 4.98 Å². The van der Waals surface area contributed by atoms with Crippen molar-refractivity contribution in [1.29, 1.82) is 0 Å². The third-order valence-corrected chi connectivity index (χ3v) is 3.99. The van der Waals surface area contributed by atoms with Crippen molar-refractivity contribution in [2.24, 2.45) is 0 Å². The van der Waals surface area contributed by atoms with Crippen LogP contribution in [0, 0.1) is 5.82 Å². The minimum absolute atomic E-state index is 0.216. The lowest BCUT2D eigenvalue weighted by molar-refractivity contribution is 0.549. The lowest BCUT2D eigenvalue weighted by atomic mass is 10.0. The first-order chi connectivity index (χ1) is 10.1. The SMILES string of the molecule is CCc1ccc(CC(Cc2ccc(F)cc2Cl)NC)nc1. The number of pyridine rings is 1. The molecule has 0 bridgehead atoms. The fraction of sp³-hybridized carbons (Fsp3) is 0.353. The highest BCUT2D eigenvalue weighted by Crippen LogP contribution is 2.19. The van der Waals surface area contributed by atoms with E-state index in [1.54, 1.807) is 6.07 Å². The van der Waals surface area contributed by atoms with E-state index in [1.807, 2.05) is 13.2 Å². The number of benzene rings is 1. The summed E-state index contributed by atoms with van der Waals surface area (Å²) < 4.78 is 13.1. The Morgan fingerprint density at radius 3 is 2.62 bits per heavy atom. The Kier molecular flexibility index (Phi) is 5.71. The Balaban J connectivity index is 2.05. The highest BCUT2D eigenvalue weighted by molar-refractivity contribution is 6.31. The first-order valence-corrected chi connectivity index (χ1v) is 7.55. The van der Waals surface area contributed by atoms with Crippen LogP contribution in [0.25, 0.3) is 0 Å². The molecule has 1 aromatic heterocycles. The number of hydrogen-bond acceptors (Lipinski definition) is 2. The van der Waals surface area contributed by atoms with Gasteiger partial charge >= 0.3 is 0 Å². The van der Waals surface area contributed by atoms with Crippen molar-refractivity contribution < 1.29 is 4.39 Å². The molecule has 1 atom stereocenters. The molecule has 1 N–H and O–H groups in total. The summed E-state index contributed by atoms with van der Waals surface area (Å²) in [4.78, 5) is 4.48. The van der Waals surface area contributed by atoms with E-state index in [9.17, 15) is 4.39 Å². The number of nitrogens with one attached hydrogen (secondary N) is 1.